The molecule has 0 bridgehead atoms. The number of aromatic nitrogens is 2. The molecule has 0 radical (unpaired) electrons. The lowest BCUT2D eigenvalue weighted by atomic mass is 9.99. The van der Waals surface area contributed by atoms with Gasteiger partial charge in [0.2, 0.25) is 5.91 Å². The fourth-order valence-corrected chi connectivity index (χ4v) is 3.96. The number of hydrogen-bond acceptors (Lipinski definition) is 6. The molecule has 1 aliphatic heterocycles. The Morgan fingerprint density at radius 1 is 1.32 bits per heavy atom. The Kier molecular flexibility index (Phi) is 5.30. The van der Waals surface area contributed by atoms with E-state index in [-0.39, 0.29) is 17.9 Å². The Labute approximate surface area is 163 Å². The smallest absolute Gasteiger partial charge is 0.259 e. The first kappa shape index (κ1) is 18.9. The van der Waals surface area contributed by atoms with Gasteiger partial charge in [0.1, 0.15) is 0 Å². The van der Waals surface area contributed by atoms with Crippen LogP contribution in [0.15, 0.2) is 10.6 Å². The molecular formula is C20H27N5O3. The van der Waals surface area contributed by atoms with Gasteiger partial charge in [0.25, 0.3) is 11.6 Å². The third-order valence-corrected chi connectivity index (χ3v) is 5.66. The van der Waals surface area contributed by atoms with E-state index in [1.165, 1.54) is 0 Å². The van der Waals surface area contributed by atoms with Crippen molar-refractivity contribution in [1.82, 2.24) is 20.4 Å². The van der Waals surface area contributed by atoms with Crippen LogP contribution < -0.4 is 11.1 Å². The highest BCUT2D eigenvalue weighted by Gasteiger charge is 2.32. The summed E-state index contributed by atoms with van der Waals surface area (Å²) in [5.74, 6) is 0.310. The van der Waals surface area contributed by atoms with Crippen LogP contribution >= 0.6 is 0 Å². The molecule has 2 aromatic rings. The Balaban J connectivity index is 1.61. The van der Waals surface area contributed by atoms with Gasteiger partial charge in [-0.15, -0.1) is 0 Å². The number of pyridine rings is 1. The van der Waals surface area contributed by atoms with Gasteiger partial charge >= 0.3 is 0 Å². The van der Waals surface area contributed by atoms with E-state index in [9.17, 15) is 9.59 Å². The van der Waals surface area contributed by atoms with Crippen LogP contribution in [0.5, 0.6) is 0 Å². The monoisotopic (exact) mass is 385 g/mol. The number of likely N-dealkylation sites (tertiary alicyclic amines) is 1. The summed E-state index contributed by atoms with van der Waals surface area (Å²) >= 11 is 0. The summed E-state index contributed by atoms with van der Waals surface area (Å²) in [7, 11) is 0. The Hall–Kier alpha value is -2.48. The van der Waals surface area contributed by atoms with E-state index in [1.54, 1.807) is 0 Å². The van der Waals surface area contributed by atoms with Crippen LogP contribution in [0.4, 0.5) is 0 Å². The lowest BCUT2D eigenvalue weighted by molar-refractivity contribution is -0.121. The molecule has 28 heavy (non-hydrogen) atoms. The molecule has 8 heteroatoms. The first-order valence-electron chi connectivity index (χ1n) is 10.1. The number of nitrogens with two attached hydrogens (primary N) is 1. The SMILES string of the molecule is Cc1noc2nc(C3CC3)cc(C(=O)N3CCCCC3CNC(=O)CCN)c12. The molecule has 2 fully saturated rings. The van der Waals surface area contributed by atoms with Crippen molar-refractivity contribution in [2.45, 2.75) is 57.4 Å². The second-order valence-corrected chi connectivity index (χ2v) is 7.81. The third-order valence-electron chi connectivity index (χ3n) is 5.66. The highest BCUT2D eigenvalue weighted by molar-refractivity contribution is 6.06. The van der Waals surface area contributed by atoms with Crippen LogP contribution in [0, 0.1) is 6.92 Å². The zero-order valence-corrected chi connectivity index (χ0v) is 16.2. The summed E-state index contributed by atoms with van der Waals surface area (Å²) in [5, 5.41) is 7.64. The van der Waals surface area contributed by atoms with Crippen molar-refractivity contribution in [2.24, 2.45) is 5.73 Å². The molecule has 1 unspecified atom stereocenters. The zero-order chi connectivity index (χ0) is 19.7. The van der Waals surface area contributed by atoms with Crippen molar-refractivity contribution < 1.29 is 14.1 Å². The van der Waals surface area contributed by atoms with Gasteiger partial charge in [-0.25, -0.2) is 4.98 Å². The molecule has 0 spiro atoms. The molecule has 3 N–H and O–H groups in total. The first-order chi connectivity index (χ1) is 13.6. The normalized spacial score (nSPS) is 19.8. The number of hydrogen-bond donors (Lipinski definition) is 2. The van der Waals surface area contributed by atoms with Crippen molar-refractivity contribution in [3.8, 4) is 0 Å². The number of rotatable bonds is 6. The van der Waals surface area contributed by atoms with Crippen LogP contribution in [0.1, 0.15) is 66.2 Å². The molecule has 2 aromatic heterocycles. The number of nitrogens with zero attached hydrogens (tertiary/aromatic N) is 3. The Bertz CT molecular complexity index is 889. The molecule has 0 aromatic carbocycles. The van der Waals surface area contributed by atoms with Gasteiger partial charge in [0.15, 0.2) is 0 Å². The van der Waals surface area contributed by atoms with Crippen LogP contribution in [-0.4, -0.2) is 52.5 Å². The van der Waals surface area contributed by atoms with Crippen LogP contribution in [0.2, 0.25) is 0 Å². The lowest BCUT2D eigenvalue weighted by Gasteiger charge is -2.36. The second kappa shape index (κ2) is 7.87. The summed E-state index contributed by atoms with van der Waals surface area (Å²) in [6.45, 7) is 3.30. The van der Waals surface area contributed by atoms with Crippen LogP contribution in [0.3, 0.4) is 0 Å². The molecule has 1 saturated heterocycles. The Morgan fingerprint density at radius 2 is 2.14 bits per heavy atom. The maximum Gasteiger partial charge on any atom is 0.259 e. The van der Waals surface area contributed by atoms with Crippen molar-refractivity contribution in [3.05, 3.63) is 23.0 Å². The molecule has 2 aliphatic rings. The highest BCUT2D eigenvalue weighted by Crippen LogP contribution is 2.40. The molecule has 3 heterocycles. The van der Waals surface area contributed by atoms with Crippen molar-refractivity contribution in [1.29, 1.82) is 0 Å². The van der Waals surface area contributed by atoms with E-state index in [0.29, 0.717) is 54.3 Å². The number of nitrogens with one attached hydrogen (secondary N) is 1. The summed E-state index contributed by atoms with van der Waals surface area (Å²) in [4.78, 5) is 31.8. The van der Waals surface area contributed by atoms with Gasteiger partial charge in [0.05, 0.1) is 16.6 Å². The quantitative estimate of drug-likeness (QED) is 0.784. The molecule has 4 rings (SSSR count). The maximum atomic E-state index is 13.5. The van der Waals surface area contributed by atoms with Gasteiger partial charge in [-0.1, -0.05) is 5.16 Å². The molecule has 8 nitrogen and oxygen atoms in total. The van der Waals surface area contributed by atoms with E-state index in [4.69, 9.17) is 10.3 Å². The predicted octanol–water partition coefficient (Wildman–Crippen LogP) is 1.87. The van der Waals surface area contributed by atoms with E-state index in [2.05, 4.69) is 15.5 Å². The van der Waals surface area contributed by atoms with Gasteiger partial charge in [0, 0.05) is 43.7 Å². The summed E-state index contributed by atoms with van der Waals surface area (Å²) in [6, 6.07) is 1.90. The molecule has 1 atom stereocenters. The summed E-state index contributed by atoms with van der Waals surface area (Å²) < 4.78 is 5.38. The number of carbonyl (C=O) groups is 2. The minimum atomic E-state index is -0.0716. The third kappa shape index (κ3) is 3.73. The minimum Gasteiger partial charge on any atom is -0.354 e. The predicted molar refractivity (Wildman–Crippen MR) is 104 cm³/mol. The molecular weight excluding hydrogens is 358 g/mol. The number of amides is 2. The minimum absolute atomic E-state index is 0.0178. The van der Waals surface area contributed by atoms with E-state index in [0.717, 1.165) is 37.8 Å². The van der Waals surface area contributed by atoms with Crippen molar-refractivity contribution in [2.75, 3.05) is 19.6 Å². The maximum absolute atomic E-state index is 13.5. The van der Waals surface area contributed by atoms with E-state index >= 15 is 0 Å². The number of piperidine rings is 1. The summed E-state index contributed by atoms with van der Waals surface area (Å²) in [6.07, 6.45) is 5.38. The zero-order valence-electron chi connectivity index (χ0n) is 16.2. The molecule has 1 aliphatic carbocycles. The number of aryl methyl sites for hydroxylation is 1. The van der Waals surface area contributed by atoms with Gasteiger partial charge in [-0.05, 0) is 45.1 Å². The van der Waals surface area contributed by atoms with Gasteiger partial charge in [-0.3, -0.25) is 9.59 Å². The first-order valence-corrected chi connectivity index (χ1v) is 10.1. The number of fused-ring (bicyclic) bond motifs is 1. The summed E-state index contributed by atoms with van der Waals surface area (Å²) in [5.41, 5.74) is 8.09. The van der Waals surface area contributed by atoms with Gasteiger partial charge < -0.3 is 20.5 Å². The standard InChI is InChI=1S/C20H27N5O3/c1-12-18-15(10-16(13-5-6-13)23-19(18)28-24-12)20(27)25-9-3-2-4-14(25)11-22-17(26)7-8-21/h10,13-14H,2-9,11,21H2,1H3,(H,22,26). The van der Waals surface area contributed by atoms with E-state index in [1.807, 2.05) is 17.9 Å². The average molecular weight is 385 g/mol. The van der Waals surface area contributed by atoms with Crippen LogP contribution in [-0.2, 0) is 4.79 Å². The fraction of sp³-hybridized carbons (Fsp3) is 0.600. The highest BCUT2D eigenvalue weighted by atomic mass is 16.5. The average Bonchev–Trinajstić information content (AvgIpc) is 3.49. The number of carbonyl (C=O) groups excluding carboxylic acids is 2. The molecule has 2 amide bonds. The van der Waals surface area contributed by atoms with Crippen LogP contribution in [0.25, 0.3) is 11.1 Å². The lowest BCUT2D eigenvalue weighted by Crippen LogP contribution is -2.49. The second-order valence-electron chi connectivity index (χ2n) is 7.81. The molecule has 1 saturated carbocycles. The van der Waals surface area contributed by atoms with Gasteiger partial charge in [-0.2, -0.15) is 0 Å². The molecule has 150 valence electrons. The van der Waals surface area contributed by atoms with E-state index < -0.39 is 0 Å². The Morgan fingerprint density at radius 3 is 2.89 bits per heavy atom. The largest absolute Gasteiger partial charge is 0.354 e. The topological polar surface area (TPSA) is 114 Å². The van der Waals surface area contributed by atoms with Crippen molar-refractivity contribution >= 4 is 22.9 Å². The fourth-order valence-electron chi connectivity index (χ4n) is 3.96. The van der Waals surface area contributed by atoms with Crippen molar-refractivity contribution in [3.63, 3.8) is 0 Å².